The van der Waals surface area contributed by atoms with Gasteiger partial charge in [0.2, 0.25) is 6.79 Å². The summed E-state index contributed by atoms with van der Waals surface area (Å²) in [5.74, 6) is 3.21. The highest BCUT2D eigenvalue weighted by Gasteiger charge is 2.19. The van der Waals surface area contributed by atoms with Gasteiger partial charge < -0.3 is 24.6 Å². The second-order valence-corrected chi connectivity index (χ2v) is 7.27. The molecule has 2 aromatic carbocycles. The molecule has 2 aliphatic rings. The van der Waals surface area contributed by atoms with Gasteiger partial charge in [0, 0.05) is 49.7 Å². The first kappa shape index (κ1) is 17.6. The van der Waals surface area contributed by atoms with Crippen LogP contribution < -0.4 is 24.6 Å². The van der Waals surface area contributed by atoms with Crippen molar-refractivity contribution in [3.8, 4) is 11.5 Å². The lowest BCUT2D eigenvalue weighted by Crippen LogP contribution is -2.46. The number of benzene rings is 2. The zero-order valence-electron chi connectivity index (χ0n) is 16.3. The van der Waals surface area contributed by atoms with E-state index in [-0.39, 0.29) is 6.79 Å². The first-order valence-electron chi connectivity index (χ1n) is 9.80. The minimum absolute atomic E-state index is 0.269. The van der Waals surface area contributed by atoms with Gasteiger partial charge in [-0.05, 0) is 36.8 Å². The lowest BCUT2D eigenvalue weighted by Gasteiger charge is -2.36. The van der Waals surface area contributed by atoms with E-state index in [1.807, 2.05) is 24.3 Å². The Morgan fingerprint density at radius 1 is 0.862 bits per heavy atom. The van der Waals surface area contributed by atoms with Gasteiger partial charge in [0.1, 0.15) is 18.0 Å². The molecule has 0 aliphatic carbocycles. The summed E-state index contributed by atoms with van der Waals surface area (Å²) in [5.41, 5.74) is 3.49. The molecule has 0 saturated carbocycles. The summed E-state index contributed by atoms with van der Waals surface area (Å²) in [5, 5.41) is 3.33. The van der Waals surface area contributed by atoms with Crippen molar-refractivity contribution in [3.63, 3.8) is 0 Å². The topological polar surface area (TPSA) is 62.8 Å². The van der Waals surface area contributed by atoms with Crippen molar-refractivity contribution >= 4 is 23.0 Å². The smallest absolute Gasteiger partial charge is 0.231 e. The van der Waals surface area contributed by atoms with Gasteiger partial charge in [0.25, 0.3) is 0 Å². The van der Waals surface area contributed by atoms with Crippen LogP contribution in [0.3, 0.4) is 0 Å². The zero-order valence-corrected chi connectivity index (χ0v) is 16.3. The highest BCUT2D eigenvalue weighted by molar-refractivity contribution is 5.63. The van der Waals surface area contributed by atoms with Gasteiger partial charge >= 0.3 is 0 Å². The molecule has 2 aliphatic heterocycles. The van der Waals surface area contributed by atoms with Gasteiger partial charge in [0.05, 0.1) is 0 Å². The normalized spacial score (nSPS) is 15.5. The number of fused-ring (bicyclic) bond motifs is 1. The van der Waals surface area contributed by atoms with Crippen molar-refractivity contribution < 1.29 is 9.47 Å². The number of nitrogens with zero attached hydrogens (tertiary/aromatic N) is 4. The summed E-state index contributed by atoms with van der Waals surface area (Å²) < 4.78 is 10.8. The maximum Gasteiger partial charge on any atom is 0.231 e. The molecule has 1 fully saturated rings. The van der Waals surface area contributed by atoms with Crippen LogP contribution in [0.1, 0.15) is 5.56 Å². The fourth-order valence-corrected chi connectivity index (χ4v) is 3.73. The third-order valence-electron chi connectivity index (χ3n) is 5.27. The van der Waals surface area contributed by atoms with Crippen LogP contribution in [0.5, 0.6) is 11.5 Å². The largest absolute Gasteiger partial charge is 0.454 e. The highest BCUT2D eigenvalue weighted by atomic mass is 16.7. The highest BCUT2D eigenvalue weighted by Crippen LogP contribution is 2.35. The van der Waals surface area contributed by atoms with Crippen LogP contribution in [-0.4, -0.2) is 42.9 Å². The molecule has 0 spiro atoms. The predicted molar refractivity (Wildman–Crippen MR) is 113 cm³/mol. The standard InChI is InChI=1S/C22H23N5O2/c1-16-3-2-4-18(11-16)26-7-9-27(10-8-26)22-13-21(23-14-24-22)25-17-5-6-19-20(12-17)29-15-28-19/h2-6,11-14H,7-10,15H2,1H3,(H,23,24,25). The molecule has 3 aromatic rings. The summed E-state index contributed by atoms with van der Waals surface area (Å²) in [6.45, 7) is 6.19. The van der Waals surface area contributed by atoms with Gasteiger partial charge in [-0.3, -0.25) is 0 Å². The Morgan fingerprint density at radius 2 is 1.69 bits per heavy atom. The average molecular weight is 389 g/mol. The summed E-state index contributed by atoms with van der Waals surface area (Å²) in [4.78, 5) is 13.6. The van der Waals surface area contributed by atoms with Gasteiger partial charge in [-0.25, -0.2) is 9.97 Å². The molecule has 7 heteroatoms. The predicted octanol–water partition coefficient (Wildman–Crippen LogP) is 3.58. The number of aryl methyl sites for hydroxylation is 1. The quantitative estimate of drug-likeness (QED) is 0.732. The van der Waals surface area contributed by atoms with E-state index in [9.17, 15) is 0 Å². The van der Waals surface area contributed by atoms with Crippen LogP contribution >= 0.6 is 0 Å². The number of hydrogen-bond acceptors (Lipinski definition) is 7. The van der Waals surface area contributed by atoms with Crippen LogP contribution in [-0.2, 0) is 0 Å². The van der Waals surface area contributed by atoms with E-state index >= 15 is 0 Å². The van der Waals surface area contributed by atoms with Crippen molar-refractivity contribution in [2.45, 2.75) is 6.92 Å². The van der Waals surface area contributed by atoms with E-state index in [4.69, 9.17) is 9.47 Å². The molecule has 7 nitrogen and oxygen atoms in total. The third-order valence-corrected chi connectivity index (χ3v) is 5.27. The number of rotatable bonds is 4. The molecule has 0 amide bonds. The molecular formula is C22H23N5O2. The van der Waals surface area contributed by atoms with E-state index < -0.39 is 0 Å². The lowest BCUT2D eigenvalue weighted by atomic mass is 10.2. The molecular weight excluding hydrogens is 366 g/mol. The number of anilines is 4. The molecule has 29 heavy (non-hydrogen) atoms. The second-order valence-electron chi connectivity index (χ2n) is 7.27. The molecule has 3 heterocycles. The number of aromatic nitrogens is 2. The molecule has 0 unspecified atom stereocenters. The Hall–Kier alpha value is -3.48. The summed E-state index contributed by atoms with van der Waals surface area (Å²) in [6, 6.07) is 16.4. The average Bonchev–Trinajstić information content (AvgIpc) is 3.22. The van der Waals surface area contributed by atoms with Crippen LogP contribution in [0.2, 0.25) is 0 Å². The second kappa shape index (κ2) is 7.50. The van der Waals surface area contributed by atoms with Gasteiger partial charge in [-0.1, -0.05) is 12.1 Å². The Labute approximate surface area is 169 Å². The first-order chi connectivity index (χ1) is 14.2. The van der Waals surface area contributed by atoms with E-state index in [2.05, 4.69) is 56.3 Å². The van der Waals surface area contributed by atoms with Crippen molar-refractivity contribution in [2.75, 3.05) is 48.1 Å². The van der Waals surface area contributed by atoms with E-state index in [0.717, 1.165) is 55.0 Å². The Bertz CT molecular complexity index is 1020. The van der Waals surface area contributed by atoms with Crippen molar-refractivity contribution in [1.29, 1.82) is 0 Å². The van der Waals surface area contributed by atoms with Crippen LogP contribution in [0.15, 0.2) is 54.9 Å². The maximum atomic E-state index is 5.44. The first-order valence-corrected chi connectivity index (χ1v) is 9.80. The number of piperazine rings is 1. The molecule has 0 radical (unpaired) electrons. The molecule has 0 bridgehead atoms. The van der Waals surface area contributed by atoms with Crippen LogP contribution in [0, 0.1) is 6.92 Å². The zero-order chi connectivity index (χ0) is 19.6. The van der Waals surface area contributed by atoms with E-state index in [0.29, 0.717) is 0 Å². The minimum Gasteiger partial charge on any atom is -0.454 e. The molecule has 148 valence electrons. The molecule has 1 N–H and O–H groups in total. The minimum atomic E-state index is 0.269. The van der Waals surface area contributed by atoms with Crippen molar-refractivity contribution in [2.24, 2.45) is 0 Å². The van der Waals surface area contributed by atoms with Gasteiger partial charge in [-0.15, -0.1) is 0 Å². The fraction of sp³-hybridized carbons (Fsp3) is 0.273. The molecule has 5 rings (SSSR count). The maximum absolute atomic E-state index is 5.44. The molecule has 1 aromatic heterocycles. The number of hydrogen-bond donors (Lipinski definition) is 1. The van der Waals surface area contributed by atoms with Crippen LogP contribution in [0.4, 0.5) is 23.0 Å². The van der Waals surface area contributed by atoms with Crippen LogP contribution in [0.25, 0.3) is 0 Å². The monoisotopic (exact) mass is 389 g/mol. The van der Waals surface area contributed by atoms with Gasteiger partial charge in [-0.2, -0.15) is 0 Å². The summed E-state index contributed by atoms with van der Waals surface area (Å²) in [6.07, 6.45) is 1.61. The lowest BCUT2D eigenvalue weighted by molar-refractivity contribution is 0.174. The molecule has 1 saturated heterocycles. The Balaban J connectivity index is 1.26. The Kier molecular flexibility index (Phi) is 4.56. The Morgan fingerprint density at radius 3 is 2.55 bits per heavy atom. The SMILES string of the molecule is Cc1cccc(N2CCN(c3cc(Nc4ccc5c(c4)OCO5)ncn3)CC2)c1. The number of nitrogens with one attached hydrogen (secondary N) is 1. The van der Waals surface area contributed by atoms with E-state index in [1.165, 1.54) is 11.3 Å². The van der Waals surface area contributed by atoms with Crippen molar-refractivity contribution in [3.05, 3.63) is 60.4 Å². The van der Waals surface area contributed by atoms with Gasteiger partial charge in [0.15, 0.2) is 11.5 Å². The van der Waals surface area contributed by atoms with Crippen molar-refractivity contribution in [1.82, 2.24) is 9.97 Å². The fourth-order valence-electron chi connectivity index (χ4n) is 3.73. The third kappa shape index (κ3) is 3.76. The summed E-state index contributed by atoms with van der Waals surface area (Å²) in [7, 11) is 0. The summed E-state index contributed by atoms with van der Waals surface area (Å²) >= 11 is 0. The molecule has 0 atom stereocenters. The number of ether oxygens (including phenoxy) is 2. The van der Waals surface area contributed by atoms with E-state index in [1.54, 1.807) is 6.33 Å².